The van der Waals surface area contributed by atoms with Gasteiger partial charge in [0, 0.05) is 11.0 Å². The van der Waals surface area contributed by atoms with E-state index in [9.17, 15) is 13.2 Å². The molecular weight excluding hydrogens is 292 g/mol. The Kier molecular flexibility index (Phi) is 3.04. The predicted octanol–water partition coefficient (Wildman–Crippen LogP) is 2.67. The van der Waals surface area contributed by atoms with Crippen LogP contribution in [0.25, 0.3) is 0 Å². The summed E-state index contributed by atoms with van der Waals surface area (Å²) in [6, 6.07) is 0. The van der Waals surface area contributed by atoms with Crippen molar-refractivity contribution in [2.24, 2.45) is 16.7 Å². The molecule has 2 aliphatic rings. The molecule has 3 atom stereocenters. The zero-order valence-electron chi connectivity index (χ0n) is 13.7. The minimum absolute atomic E-state index is 0.0129. The highest BCUT2D eigenvalue weighted by atomic mass is 32.2. The summed E-state index contributed by atoms with van der Waals surface area (Å²) in [5.74, 6) is 0.215. The first-order valence-electron chi connectivity index (χ1n) is 7.05. The van der Waals surface area contributed by atoms with E-state index >= 15 is 0 Å². The van der Waals surface area contributed by atoms with Crippen LogP contribution in [0.3, 0.4) is 0 Å². The quantitative estimate of drug-likeness (QED) is 0.593. The fourth-order valence-electron chi connectivity index (χ4n) is 5.03. The third-order valence-electron chi connectivity index (χ3n) is 5.60. The lowest BCUT2D eigenvalue weighted by Gasteiger charge is -2.36. The predicted molar refractivity (Wildman–Crippen MR) is 81.8 cm³/mol. The number of carbonyl (C=O) groups excluding carboxylic acids is 1. The van der Waals surface area contributed by atoms with E-state index in [0.29, 0.717) is 0 Å². The lowest BCUT2D eigenvalue weighted by molar-refractivity contribution is -0.130. The Bertz CT molecular complexity index is 570. The summed E-state index contributed by atoms with van der Waals surface area (Å²) in [6.45, 7) is 14.4. The van der Waals surface area contributed by atoms with Gasteiger partial charge in [-0.1, -0.05) is 47.3 Å². The highest BCUT2D eigenvalue weighted by Gasteiger charge is 2.88. The first-order valence-corrected chi connectivity index (χ1v) is 12.4. The Morgan fingerprint density at radius 1 is 1.10 bits per heavy atom. The standard InChI is InChI=1S/C14H26O4SSi/c1-12(2)10(18-19(5,16)17)9-13(3,4)14(9,11(12)15)20(6,7)8/h9-10H,1-8H3/t9-,10+,14-/m1/s1. The van der Waals surface area contributed by atoms with Crippen molar-refractivity contribution < 1.29 is 17.4 Å². The molecule has 6 heteroatoms. The van der Waals surface area contributed by atoms with E-state index in [2.05, 4.69) is 33.5 Å². The van der Waals surface area contributed by atoms with Crippen molar-refractivity contribution in [3.63, 3.8) is 0 Å². The smallest absolute Gasteiger partial charge is 0.264 e. The maximum atomic E-state index is 13.1. The third-order valence-corrected chi connectivity index (χ3v) is 9.70. The summed E-state index contributed by atoms with van der Waals surface area (Å²) in [5, 5.41) is -0.362. The molecule has 0 amide bonds. The van der Waals surface area contributed by atoms with Crippen LogP contribution in [0.15, 0.2) is 0 Å². The van der Waals surface area contributed by atoms with Crippen molar-refractivity contribution in [2.45, 2.75) is 58.5 Å². The zero-order chi connectivity index (χ0) is 15.9. The van der Waals surface area contributed by atoms with Crippen molar-refractivity contribution in [3.8, 4) is 0 Å². The Morgan fingerprint density at radius 3 is 1.85 bits per heavy atom. The number of hydrogen-bond donors (Lipinski definition) is 0. The van der Waals surface area contributed by atoms with E-state index in [4.69, 9.17) is 4.18 Å². The molecule has 2 fully saturated rings. The highest BCUT2D eigenvalue weighted by molar-refractivity contribution is 7.86. The first kappa shape index (κ1) is 16.2. The second kappa shape index (κ2) is 3.76. The van der Waals surface area contributed by atoms with Gasteiger partial charge in [-0.2, -0.15) is 8.42 Å². The minimum atomic E-state index is -3.57. The molecule has 0 radical (unpaired) electrons. The zero-order valence-corrected chi connectivity index (χ0v) is 15.5. The summed E-state index contributed by atoms with van der Waals surface area (Å²) in [4.78, 5) is 13.1. The van der Waals surface area contributed by atoms with Crippen LogP contribution in [-0.2, 0) is 19.1 Å². The molecule has 0 N–H and O–H groups in total. The van der Waals surface area contributed by atoms with Crippen LogP contribution in [0.1, 0.15) is 27.7 Å². The first-order chi connectivity index (χ1) is 8.62. The van der Waals surface area contributed by atoms with E-state index in [0.717, 1.165) is 6.26 Å². The summed E-state index contributed by atoms with van der Waals surface area (Å²) >= 11 is 0. The van der Waals surface area contributed by atoms with Gasteiger partial charge in [-0.15, -0.1) is 0 Å². The van der Waals surface area contributed by atoms with Crippen LogP contribution in [0.4, 0.5) is 0 Å². The fraction of sp³-hybridized carbons (Fsp3) is 0.929. The molecule has 0 bridgehead atoms. The number of hydrogen-bond acceptors (Lipinski definition) is 4. The molecule has 116 valence electrons. The summed E-state index contributed by atoms with van der Waals surface area (Å²) in [5.41, 5.74) is -0.900. The number of ketones is 1. The van der Waals surface area contributed by atoms with Crippen molar-refractivity contribution in [1.82, 2.24) is 0 Å². The molecule has 0 aliphatic heterocycles. The maximum absolute atomic E-state index is 13.1. The van der Waals surface area contributed by atoms with Gasteiger partial charge < -0.3 is 0 Å². The van der Waals surface area contributed by atoms with Crippen LogP contribution in [-0.4, -0.2) is 34.6 Å². The lowest BCUT2D eigenvalue weighted by atomic mass is 9.79. The second-order valence-electron chi connectivity index (χ2n) is 8.53. The summed E-state index contributed by atoms with van der Waals surface area (Å²) in [7, 11) is -5.37. The van der Waals surface area contributed by atoms with E-state index in [1.54, 1.807) is 0 Å². The molecule has 20 heavy (non-hydrogen) atoms. The van der Waals surface area contributed by atoms with Crippen molar-refractivity contribution >= 4 is 24.0 Å². The van der Waals surface area contributed by atoms with Gasteiger partial charge in [-0.25, -0.2) is 0 Å². The summed E-state index contributed by atoms with van der Waals surface area (Å²) < 4.78 is 28.5. The van der Waals surface area contributed by atoms with Gasteiger partial charge in [0.25, 0.3) is 10.1 Å². The fourth-order valence-corrected chi connectivity index (χ4v) is 10.2. The van der Waals surface area contributed by atoms with Crippen LogP contribution in [0, 0.1) is 16.7 Å². The summed E-state index contributed by atoms with van der Waals surface area (Å²) in [6.07, 6.45) is 0.531. The van der Waals surface area contributed by atoms with Gasteiger partial charge in [-0.05, 0) is 5.41 Å². The number of carbonyl (C=O) groups is 1. The van der Waals surface area contributed by atoms with E-state index in [-0.39, 0.29) is 22.2 Å². The molecular formula is C14H26O4SSi. The monoisotopic (exact) mass is 318 g/mol. The van der Waals surface area contributed by atoms with Gasteiger partial charge in [0.2, 0.25) is 0 Å². The number of rotatable bonds is 3. The molecule has 0 aromatic heterocycles. The average molecular weight is 319 g/mol. The van der Waals surface area contributed by atoms with Crippen LogP contribution < -0.4 is 0 Å². The van der Waals surface area contributed by atoms with E-state index in [1.807, 2.05) is 13.8 Å². The van der Waals surface area contributed by atoms with Crippen molar-refractivity contribution in [1.29, 1.82) is 0 Å². The van der Waals surface area contributed by atoms with Crippen LogP contribution in [0.5, 0.6) is 0 Å². The molecule has 0 heterocycles. The molecule has 2 aliphatic carbocycles. The van der Waals surface area contributed by atoms with Crippen LogP contribution in [0.2, 0.25) is 24.7 Å². The second-order valence-corrected chi connectivity index (χ2v) is 15.4. The van der Waals surface area contributed by atoms with Crippen LogP contribution >= 0.6 is 0 Å². The molecule has 2 rings (SSSR count). The van der Waals surface area contributed by atoms with Gasteiger partial charge in [0.15, 0.2) is 0 Å². The molecule has 0 spiro atoms. The largest absolute Gasteiger partial charge is 0.299 e. The van der Waals surface area contributed by atoms with Crippen molar-refractivity contribution in [3.05, 3.63) is 0 Å². The molecule has 0 aromatic rings. The highest BCUT2D eigenvalue weighted by Crippen LogP contribution is 2.86. The SMILES string of the molecule is CC1(C)C(=O)[C@]2([Si](C)(C)C)[C@H]([C@@H]1OS(C)(=O)=O)C2(C)C. The number of Topliss-reactive ketones (excluding diaryl/α,β-unsaturated/α-hetero) is 1. The molecule has 0 saturated heterocycles. The Balaban J connectivity index is 2.57. The molecule has 0 unspecified atom stereocenters. The maximum Gasteiger partial charge on any atom is 0.264 e. The normalized spacial score (nSPS) is 38.7. The number of fused-ring (bicyclic) bond motifs is 1. The molecule has 0 aromatic carbocycles. The topological polar surface area (TPSA) is 60.4 Å². The molecule has 4 nitrogen and oxygen atoms in total. The Morgan fingerprint density at radius 2 is 1.55 bits per heavy atom. The van der Waals surface area contributed by atoms with Gasteiger partial charge in [0.1, 0.15) is 5.78 Å². The van der Waals surface area contributed by atoms with Gasteiger partial charge in [0.05, 0.1) is 25.8 Å². The Labute approximate surface area is 123 Å². The van der Waals surface area contributed by atoms with Gasteiger partial charge >= 0.3 is 0 Å². The van der Waals surface area contributed by atoms with Crippen molar-refractivity contribution in [2.75, 3.05) is 6.26 Å². The van der Waals surface area contributed by atoms with E-state index in [1.165, 1.54) is 0 Å². The van der Waals surface area contributed by atoms with Gasteiger partial charge in [-0.3, -0.25) is 8.98 Å². The Hall–Kier alpha value is -0.203. The lowest BCUT2D eigenvalue weighted by Crippen LogP contribution is -2.45. The average Bonchev–Trinajstić information content (AvgIpc) is 2.61. The van der Waals surface area contributed by atoms with E-state index < -0.39 is 29.7 Å². The third kappa shape index (κ3) is 1.67. The minimum Gasteiger partial charge on any atom is -0.299 e. The molecule has 2 saturated carbocycles.